The molecule has 2 aliphatic rings. The molecule has 4 atom stereocenters. The third-order valence-corrected chi connectivity index (χ3v) is 4.64. The Morgan fingerprint density at radius 3 is 2.15 bits per heavy atom. The van der Waals surface area contributed by atoms with E-state index in [1.807, 2.05) is 32.1 Å². The zero-order valence-corrected chi connectivity index (χ0v) is 11.9. The summed E-state index contributed by atoms with van der Waals surface area (Å²) in [6.07, 6.45) is -0.791. The summed E-state index contributed by atoms with van der Waals surface area (Å²) in [6, 6.07) is 5.97. The van der Waals surface area contributed by atoms with Gasteiger partial charge in [0.1, 0.15) is 0 Å². The quantitative estimate of drug-likeness (QED) is 0.783. The van der Waals surface area contributed by atoms with Gasteiger partial charge in [-0.3, -0.25) is 5.41 Å². The van der Waals surface area contributed by atoms with Crippen LogP contribution in [-0.4, -0.2) is 17.8 Å². The summed E-state index contributed by atoms with van der Waals surface area (Å²) in [7, 11) is 0. The summed E-state index contributed by atoms with van der Waals surface area (Å²) >= 11 is 0. The number of nitrogens with one attached hydrogen (secondary N) is 1. The van der Waals surface area contributed by atoms with Gasteiger partial charge in [0.2, 0.25) is 11.7 Å². The molecule has 2 rings (SSSR count). The number of hydrogen-bond donors (Lipinski definition) is 1. The molecule has 0 aromatic carbocycles. The van der Waals surface area contributed by atoms with Crippen LogP contribution in [0.4, 0.5) is 0 Å². The maximum atomic E-state index is 9.69. The molecule has 0 saturated carbocycles. The first-order chi connectivity index (χ1) is 9.25. The molecule has 20 heavy (non-hydrogen) atoms. The van der Waals surface area contributed by atoms with E-state index in [9.17, 15) is 15.8 Å². The van der Waals surface area contributed by atoms with Crippen molar-refractivity contribution in [1.29, 1.82) is 21.2 Å². The smallest absolute Gasteiger partial charge is 0.214 e. The molecule has 0 aromatic heterocycles. The standard InChI is InChI=1S/C14H16N4O2/c1-8(2)10-13(5-15,6-16)14(7-17)9(3)12(4,19-10)20-11(14)18/h8-10,18H,1-4H3. The van der Waals surface area contributed by atoms with E-state index in [1.54, 1.807) is 13.8 Å². The van der Waals surface area contributed by atoms with Crippen molar-refractivity contribution in [1.82, 2.24) is 0 Å². The fourth-order valence-corrected chi connectivity index (χ4v) is 3.37. The van der Waals surface area contributed by atoms with Crippen LogP contribution in [0, 0.1) is 62.1 Å². The van der Waals surface area contributed by atoms with E-state index >= 15 is 0 Å². The molecular weight excluding hydrogens is 256 g/mol. The number of nitrogens with zero attached hydrogens (tertiary/aromatic N) is 3. The molecule has 2 saturated heterocycles. The van der Waals surface area contributed by atoms with Gasteiger partial charge in [0, 0.05) is 6.92 Å². The fourth-order valence-electron chi connectivity index (χ4n) is 3.37. The maximum Gasteiger partial charge on any atom is 0.214 e. The Bertz CT molecular complexity index is 580. The Kier molecular flexibility index (Phi) is 2.82. The highest BCUT2D eigenvalue weighted by Gasteiger charge is 2.78. The first-order valence-corrected chi connectivity index (χ1v) is 6.45. The van der Waals surface area contributed by atoms with Crippen LogP contribution in [0.15, 0.2) is 0 Å². The first-order valence-electron chi connectivity index (χ1n) is 6.45. The van der Waals surface area contributed by atoms with Crippen LogP contribution in [0.1, 0.15) is 27.7 Å². The van der Waals surface area contributed by atoms with Crippen LogP contribution >= 0.6 is 0 Å². The van der Waals surface area contributed by atoms with Crippen molar-refractivity contribution in [2.45, 2.75) is 39.6 Å². The van der Waals surface area contributed by atoms with Gasteiger partial charge in [-0.25, -0.2) is 0 Å². The van der Waals surface area contributed by atoms with Crippen LogP contribution in [0.25, 0.3) is 0 Å². The average molecular weight is 272 g/mol. The highest BCUT2D eigenvalue weighted by molar-refractivity contribution is 5.89. The molecule has 104 valence electrons. The van der Waals surface area contributed by atoms with Crippen molar-refractivity contribution in [3.63, 3.8) is 0 Å². The third-order valence-electron chi connectivity index (χ3n) is 4.64. The maximum absolute atomic E-state index is 9.69. The van der Waals surface area contributed by atoms with E-state index in [2.05, 4.69) is 0 Å². The normalized spacial score (nSPS) is 41.4. The minimum Gasteiger partial charge on any atom is -0.448 e. The zero-order chi connectivity index (χ0) is 15.3. The first kappa shape index (κ1) is 14.3. The molecular formula is C14H16N4O2. The van der Waals surface area contributed by atoms with Crippen LogP contribution < -0.4 is 0 Å². The van der Waals surface area contributed by atoms with Crippen molar-refractivity contribution >= 4 is 5.90 Å². The fraction of sp³-hybridized carbons (Fsp3) is 0.714. The molecule has 2 fully saturated rings. The topological polar surface area (TPSA) is 114 Å². The molecule has 0 aromatic rings. The van der Waals surface area contributed by atoms with Gasteiger partial charge in [-0.05, 0) is 5.92 Å². The molecule has 2 heterocycles. The molecule has 0 radical (unpaired) electrons. The van der Waals surface area contributed by atoms with Gasteiger partial charge < -0.3 is 9.47 Å². The second kappa shape index (κ2) is 3.95. The Morgan fingerprint density at radius 1 is 1.20 bits per heavy atom. The van der Waals surface area contributed by atoms with E-state index in [-0.39, 0.29) is 11.8 Å². The Labute approximate surface area is 118 Å². The molecule has 6 nitrogen and oxygen atoms in total. The van der Waals surface area contributed by atoms with Crippen molar-refractivity contribution in [2.24, 2.45) is 22.7 Å². The third kappa shape index (κ3) is 1.22. The summed E-state index contributed by atoms with van der Waals surface area (Å²) in [5, 5.41) is 37.0. The largest absolute Gasteiger partial charge is 0.448 e. The van der Waals surface area contributed by atoms with Gasteiger partial charge >= 0.3 is 0 Å². The predicted octanol–water partition coefficient (Wildman–Crippen LogP) is 1.94. The van der Waals surface area contributed by atoms with E-state index in [1.165, 1.54) is 0 Å². The summed E-state index contributed by atoms with van der Waals surface area (Å²) in [5.74, 6) is -2.25. The van der Waals surface area contributed by atoms with E-state index in [4.69, 9.17) is 14.9 Å². The zero-order valence-electron chi connectivity index (χ0n) is 11.9. The van der Waals surface area contributed by atoms with E-state index in [0.717, 1.165) is 0 Å². The second-order valence-corrected chi connectivity index (χ2v) is 5.90. The lowest BCUT2D eigenvalue weighted by molar-refractivity contribution is -0.274. The number of hydrogen-bond acceptors (Lipinski definition) is 6. The van der Waals surface area contributed by atoms with Crippen LogP contribution in [-0.2, 0) is 9.47 Å². The minimum atomic E-state index is -1.75. The molecule has 6 heteroatoms. The van der Waals surface area contributed by atoms with Gasteiger partial charge in [-0.15, -0.1) is 0 Å². The minimum absolute atomic E-state index is 0.164. The lowest BCUT2D eigenvalue weighted by Gasteiger charge is -2.48. The van der Waals surface area contributed by atoms with Crippen molar-refractivity contribution in [2.75, 3.05) is 0 Å². The van der Waals surface area contributed by atoms with Gasteiger partial charge in [-0.1, -0.05) is 20.8 Å². The number of fused-ring (bicyclic) bond motifs is 2. The Hall–Kier alpha value is -2.10. The Morgan fingerprint density at radius 2 is 1.75 bits per heavy atom. The summed E-state index contributed by atoms with van der Waals surface area (Å²) in [6.45, 7) is 6.98. The van der Waals surface area contributed by atoms with Crippen LogP contribution in [0.5, 0.6) is 0 Å². The number of ether oxygens (including phenoxy) is 2. The summed E-state index contributed by atoms with van der Waals surface area (Å²) < 4.78 is 11.3. The van der Waals surface area contributed by atoms with E-state index in [0.29, 0.717) is 0 Å². The van der Waals surface area contributed by atoms with Crippen molar-refractivity contribution in [3.05, 3.63) is 0 Å². The molecule has 2 bridgehead atoms. The highest BCUT2D eigenvalue weighted by atomic mass is 16.7. The van der Waals surface area contributed by atoms with Crippen LogP contribution in [0.2, 0.25) is 0 Å². The van der Waals surface area contributed by atoms with Gasteiger partial charge in [-0.2, -0.15) is 15.8 Å². The average Bonchev–Trinajstić information content (AvgIpc) is 2.54. The summed E-state index contributed by atoms with van der Waals surface area (Å²) in [4.78, 5) is 0. The van der Waals surface area contributed by atoms with Gasteiger partial charge in [0.15, 0.2) is 10.8 Å². The molecule has 4 unspecified atom stereocenters. The lowest BCUT2D eigenvalue weighted by atomic mass is 9.53. The second-order valence-electron chi connectivity index (χ2n) is 5.90. The van der Waals surface area contributed by atoms with Crippen molar-refractivity contribution in [3.8, 4) is 18.2 Å². The SMILES string of the molecule is CC(C)C1OC2(C)OC(=N)C(C#N)(C2C)C1(C#N)C#N. The molecule has 0 spiro atoms. The predicted molar refractivity (Wildman–Crippen MR) is 67.8 cm³/mol. The monoisotopic (exact) mass is 272 g/mol. The lowest BCUT2D eigenvalue weighted by Crippen LogP contribution is -2.62. The number of nitriles is 3. The molecule has 2 aliphatic heterocycles. The number of rotatable bonds is 1. The van der Waals surface area contributed by atoms with Gasteiger partial charge in [0.25, 0.3) is 0 Å². The van der Waals surface area contributed by atoms with Gasteiger partial charge in [0.05, 0.1) is 30.2 Å². The van der Waals surface area contributed by atoms with Crippen LogP contribution in [0.3, 0.4) is 0 Å². The Balaban J connectivity index is 2.82. The highest BCUT2D eigenvalue weighted by Crippen LogP contribution is 2.63. The van der Waals surface area contributed by atoms with Crippen molar-refractivity contribution < 1.29 is 9.47 Å². The van der Waals surface area contributed by atoms with E-state index < -0.39 is 28.6 Å². The molecule has 0 aliphatic carbocycles. The molecule has 1 N–H and O–H groups in total. The summed E-state index contributed by atoms with van der Waals surface area (Å²) in [5.41, 5.74) is -3.35. The molecule has 0 amide bonds.